The van der Waals surface area contributed by atoms with Crippen LogP contribution < -0.4 is 5.32 Å². The summed E-state index contributed by atoms with van der Waals surface area (Å²) < 4.78 is 5.32. The van der Waals surface area contributed by atoms with Crippen LogP contribution in [0.25, 0.3) is 0 Å². The Hall–Kier alpha value is -1.25. The van der Waals surface area contributed by atoms with Crippen molar-refractivity contribution in [2.45, 2.75) is 58.5 Å². The van der Waals surface area contributed by atoms with Crippen molar-refractivity contribution in [3.63, 3.8) is 0 Å². The van der Waals surface area contributed by atoms with Crippen LogP contribution >= 0.6 is 0 Å². The van der Waals surface area contributed by atoms with Gasteiger partial charge in [0.1, 0.15) is 12.1 Å². The Labute approximate surface area is 116 Å². The fourth-order valence-electron chi connectivity index (χ4n) is 2.98. The highest BCUT2D eigenvalue weighted by atomic mass is 16.6. The minimum Gasteiger partial charge on any atom is -0.459 e. The monoisotopic (exact) mass is 263 g/mol. The lowest BCUT2D eigenvalue weighted by molar-refractivity contribution is -0.153. The van der Waals surface area contributed by atoms with Gasteiger partial charge in [-0.05, 0) is 39.7 Å². The summed E-state index contributed by atoms with van der Waals surface area (Å²) in [5.41, 5.74) is 0.946. The molecule has 0 atom stereocenters. The second-order valence-corrected chi connectivity index (χ2v) is 6.60. The first-order chi connectivity index (χ1) is 8.91. The second kappa shape index (κ2) is 5.40. The van der Waals surface area contributed by atoms with Crippen LogP contribution in [0, 0.1) is 5.41 Å². The van der Waals surface area contributed by atoms with E-state index in [1.165, 1.54) is 37.8 Å². The fourth-order valence-corrected chi connectivity index (χ4v) is 2.98. The van der Waals surface area contributed by atoms with Gasteiger partial charge in [-0.3, -0.25) is 4.79 Å². The van der Waals surface area contributed by atoms with Crippen molar-refractivity contribution in [1.29, 1.82) is 0 Å². The maximum Gasteiger partial charge on any atom is 0.325 e. The maximum atomic E-state index is 11.8. The third-order valence-corrected chi connectivity index (χ3v) is 3.80. The molecular weight excluding hydrogens is 238 g/mol. The van der Waals surface area contributed by atoms with Crippen LogP contribution in [-0.2, 0) is 9.53 Å². The lowest BCUT2D eigenvalue weighted by Gasteiger charge is -2.35. The molecule has 0 aromatic rings. The van der Waals surface area contributed by atoms with E-state index >= 15 is 0 Å². The standard InChI is InChI=1S/C16H25NO2/c1-15(2,3)19-14(18)12-17-13-8-7-11-16(13)9-5-4-6-10-16/h7-8,11,17H,4-6,9-10,12H2,1-3H3. The Morgan fingerprint density at radius 2 is 2.00 bits per heavy atom. The van der Waals surface area contributed by atoms with Gasteiger partial charge in [0.15, 0.2) is 0 Å². The highest BCUT2D eigenvalue weighted by Crippen LogP contribution is 2.45. The van der Waals surface area contributed by atoms with Crippen LogP contribution in [0.5, 0.6) is 0 Å². The van der Waals surface area contributed by atoms with Crippen LogP contribution in [-0.4, -0.2) is 18.1 Å². The first-order valence-electron chi connectivity index (χ1n) is 7.27. The van der Waals surface area contributed by atoms with Crippen LogP contribution in [0.2, 0.25) is 0 Å². The van der Waals surface area contributed by atoms with E-state index in [0.717, 1.165) is 0 Å². The lowest BCUT2D eigenvalue weighted by atomic mass is 9.73. The van der Waals surface area contributed by atoms with E-state index in [1.807, 2.05) is 20.8 Å². The average molecular weight is 263 g/mol. The minimum atomic E-state index is -0.413. The van der Waals surface area contributed by atoms with Crippen molar-refractivity contribution < 1.29 is 9.53 Å². The molecule has 106 valence electrons. The van der Waals surface area contributed by atoms with E-state index in [2.05, 4.69) is 23.5 Å². The molecule has 0 heterocycles. The average Bonchev–Trinajstić information content (AvgIpc) is 2.68. The molecule has 2 aliphatic rings. The SMILES string of the molecule is CC(C)(C)OC(=O)CNC1=CC=CC12CCCCC2. The molecule has 3 heteroatoms. The number of esters is 1. The Morgan fingerprint density at radius 3 is 2.63 bits per heavy atom. The molecule has 2 rings (SSSR count). The summed E-state index contributed by atoms with van der Waals surface area (Å²) in [6.07, 6.45) is 12.8. The van der Waals surface area contributed by atoms with Gasteiger partial charge in [0.05, 0.1) is 0 Å². The number of ether oxygens (including phenoxy) is 1. The number of carbonyl (C=O) groups excluding carboxylic acids is 1. The maximum absolute atomic E-state index is 11.8. The van der Waals surface area contributed by atoms with Gasteiger partial charge in [-0.1, -0.05) is 31.4 Å². The van der Waals surface area contributed by atoms with Gasteiger partial charge < -0.3 is 10.1 Å². The third kappa shape index (κ3) is 3.62. The summed E-state index contributed by atoms with van der Waals surface area (Å²) >= 11 is 0. The smallest absolute Gasteiger partial charge is 0.325 e. The van der Waals surface area contributed by atoms with E-state index in [4.69, 9.17) is 4.74 Å². The fraction of sp³-hybridized carbons (Fsp3) is 0.688. The molecule has 1 N–H and O–H groups in total. The van der Waals surface area contributed by atoms with Crippen LogP contribution in [0.1, 0.15) is 52.9 Å². The van der Waals surface area contributed by atoms with E-state index in [1.54, 1.807) is 0 Å². The molecule has 0 bridgehead atoms. The molecule has 19 heavy (non-hydrogen) atoms. The number of allylic oxidation sites excluding steroid dienone is 3. The van der Waals surface area contributed by atoms with Crippen molar-refractivity contribution in [3.8, 4) is 0 Å². The van der Waals surface area contributed by atoms with Crippen molar-refractivity contribution in [3.05, 3.63) is 23.9 Å². The van der Waals surface area contributed by atoms with Crippen molar-refractivity contribution in [2.24, 2.45) is 5.41 Å². The molecule has 0 aromatic carbocycles. The first kappa shape index (κ1) is 14.2. The van der Waals surface area contributed by atoms with Crippen LogP contribution in [0.3, 0.4) is 0 Å². The molecule has 1 fully saturated rings. The van der Waals surface area contributed by atoms with Gasteiger partial charge in [-0.15, -0.1) is 0 Å². The summed E-state index contributed by atoms with van der Waals surface area (Å²) in [5.74, 6) is -0.189. The quantitative estimate of drug-likeness (QED) is 0.794. The van der Waals surface area contributed by atoms with Crippen molar-refractivity contribution in [1.82, 2.24) is 5.32 Å². The number of carbonyl (C=O) groups is 1. The van der Waals surface area contributed by atoms with Gasteiger partial charge in [0.2, 0.25) is 0 Å². The highest BCUT2D eigenvalue weighted by Gasteiger charge is 2.35. The van der Waals surface area contributed by atoms with Crippen molar-refractivity contribution >= 4 is 5.97 Å². The van der Waals surface area contributed by atoms with Gasteiger partial charge in [0, 0.05) is 11.1 Å². The summed E-state index contributed by atoms with van der Waals surface area (Å²) in [4.78, 5) is 11.8. The Balaban J connectivity index is 1.88. The number of hydrogen-bond acceptors (Lipinski definition) is 3. The number of rotatable bonds is 3. The Bertz CT molecular complexity index is 395. The van der Waals surface area contributed by atoms with Gasteiger partial charge in [-0.2, -0.15) is 0 Å². The van der Waals surface area contributed by atoms with Gasteiger partial charge in [-0.25, -0.2) is 0 Å². The minimum absolute atomic E-state index is 0.167. The Kier molecular flexibility index (Phi) is 4.02. The van der Waals surface area contributed by atoms with E-state index < -0.39 is 5.60 Å². The highest BCUT2D eigenvalue weighted by molar-refractivity contribution is 5.72. The normalized spacial score (nSPS) is 21.3. The zero-order valence-corrected chi connectivity index (χ0v) is 12.3. The van der Waals surface area contributed by atoms with Crippen LogP contribution in [0.15, 0.2) is 23.9 Å². The zero-order valence-electron chi connectivity index (χ0n) is 12.3. The molecule has 1 saturated carbocycles. The van der Waals surface area contributed by atoms with E-state index in [0.29, 0.717) is 0 Å². The Morgan fingerprint density at radius 1 is 1.32 bits per heavy atom. The number of nitrogens with one attached hydrogen (secondary N) is 1. The lowest BCUT2D eigenvalue weighted by Crippen LogP contribution is -2.36. The van der Waals surface area contributed by atoms with Gasteiger partial charge in [0.25, 0.3) is 0 Å². The van der Waals surface area contributed by atoms with E-state index in [-0.39, 0.29) is 17.9 Å². The summed E-state index contributed by atoms with van der Waals surface area (Å²) in [6, 6.07) is 0. The molecule has 0 amide bonds. The molecule has 3 nitrogen and oxygen atoms in total. The summed E-state index contributed by atoms with van der Waals surface area (Å²) in [5, 5.41) is 3.29. The van der Waals surface area contributed by atoms with Crippen LogP contribution in [0.4, 0.5) is 0 Å². The third-order valence-electron chi connectivity index (χ3n) is 3.80. The molecule has 0 unspecified atom stereocenters. The predicted octanol–water partition coefficient (Wildman–Crippen LogP) is 3.32. The van der Waals surface area contributed by atoms with Crippen molar-refractivity contribution in [2.75, 3.05) is 6.54 Å². The summed E-state index contributed by atoms with van der Waals surface area (Å²) in [7, 11) is 0. The molecule has 2 aliphatic carbocycles. The molecule has 0 radical (unpaired) electrons. The molecular formula is C16H25NO2. The van der Waals surface area contributed by atoms with E-state index in [9.17, 15) is 4.79 Å². The topological polar surface area (TPSA) is 38.3 Å². The molecule has 1 spiro atoms. The second-order valence-electron chi connectivity index (χ2n) is 6.60. The zero-order chi connectivity index (χ0) is 13.9. The molecule has 0 aromatic heterocycles. The summed E-state index contributed by atoms with van der Waals surface area (Å²) in [6.45, 7) is 5.93. The molecule has 0 saturated heterocycles. The molecule has 0 aliphatic heterocycles. The largest absolute Gasteiger partial charge is 0.459 e. The van der Waals surface area contributed by atoms with Gasteiger partial charge >= 0.3 is 5.97 Å². The first-order valence-corrected chi connectivity index (χ1v) is 7.27. The predicted molar refractivity (Wildman–Crippen MR) is 76.6 cm³/mol. The number of hydrogen-bond donors (Lipinski definition) is 1.